The number of nitrogens with zero attached hydrogens (tertiary/aromatic N) is 2. The van der Waals surface area contributed by atoms with Gasteiger partial charge in [0.15, 0.2) is 8.07 Å². The van der Waals surface area contributed by atoms with Crippen LogP contribution in [0.25, 0.3) is 0 Å². The van der Waals surface area contributed by atoms with Crippen LogP contribution in [0.2, 0.25) is 0 Å². The van der Waals surface area contributed by atoms with Gasteiger partial charge in [0.25, 0.3) is 0 Å². The summed E-state index contributed by atoms with van der Waals surface area (Å²) in [4.78, 5) is 4.13. The van der Waals surface area contributed by atoms with E-state index in [0.29, 0.717) is 6.17 Å². The number of halogens is 3. The highest BCUT2D eigenvalue weighted by Gasteiger charge is 2.40. The number of benzene rings is 3. The zero-order chi connectivity index (χ0) is 19.6. The molecule has 1 aromatic heterocycles. The first-order valence-corrected chi connectivity index (χ1v) is 11.0. The molecule has 1 heterocycles. The van der Waals surface area contributed by atoms with E-state index in [2.05, 4.69) is 4.98 Å². The van der Waals surface area contributed by atoms with Crippen molar-refractivity contribution in [3.8, 4) is 0 Å². The van der Waals surface area contributed by atoms with Gasteiger partial charge in [-0.05, 0) is 52.0 Å². The Morgan fingerprint density at radius 3 is 1.36 bits per heavy atom. The average Bonchev–Trinajstić information content (AvgIpc) is 3.21. The fraction of sp³-hybridized carbons (Fsp3) is 0.0455. The molecule has 28 heavy (non-hydrogen) atoms. The molecular weight excluding hydrogens is 377 g/mol. The van der Waals surface area contributed by atoms with Crippen molar-refractivity contribution in [3.63, 3.8) is 0 Å². The molecule has 6 heteroatoms. The third-order valence-electron chi connectivity index (χ3n) is 4.99. The molecule has 0 amide bonds. The fourth-order valence-electron chi connectivity index (χ4n) is 3.63. The first-order valence-electron chi connectivity index (χ1n) is 8.82. The maximum Gasteiger partial charge on any atom is 0.168 e. The smallest absolute Gasteiger partial charge is 0.168 e. The molecule has 140 valence electrons. The first-order chi connectivity index (χ1) is 13.6. The van der Waals surface area contributed by atoms with Crippen LogP contribution in [0.4, 0.5) is 13.2 Å². The molecule has 3 aromatic carbocycles. The number of rotatable bonds is 5. The topological polar surface area (TPSA) is 17.8 Å². The molecule has 0 aliphatic carbocycles. The monoisotopic (exact) mass is 394 g/mol. The van der Waals surface area contributed by atoms with Crippen LogP contribution in [-0.4, -0.2) is 17.6 Å². The van der Waals surface area contributed by atoms with Gasteiger partial charge in [-0.2, -0.15) is 0 Å². The van der Waals surface area contributed by atoms with Gasteiger partial charge < -0.3 is 4.57 Å². The summed E-state index contributed by atoms with van der Waals surface area (Å²) >= 11 is 0. The molecule has 0 aliphatic heterocycles. The van der Waals surface area contributed by atoms with Crippen LogP contribution in [0.3, 0.4) is 0 Å². The summed E-state index contributed by atoms with van der Waals surface area (Å²) < 4.78 is 43.0. The summed E-state index contributed by atoms with van der Waals surface area (Å²) in [5, 5.41) is 2.84. The van der Waals surface area contributed by atoms with Gasteiger partial charge in [-0.3, -0.25) is 0 Å². The molecule has 0 bridgehead atoms. The lowest BCUT2D eigenvalue weighted by Gasteiger charge is -2.34. The zero-order valence-corrected chi connectivity index (χ0v) is 15.9. The van der Waals surface area contributed by atoms with Gasteiger partial charge in [0.1, 0.15) is 17.5 Å². The second kappa shape index (κ2) is 7.48. The van der Waals surface area contributed by atoms with Gasteiger partial charge in [-0.25, -0.2) is 18.2 Å². The average molecular weight is 394 g/mol. The molecule has 0 spiro atoms. The summed E-state index contributed by atoms with van der Waals surface area (Å²) in [5.41, 5.74) is 0. The van der Waals surface area contributed by atoms with Crippen LogP contribution in [0.5, 0.6) is 0 Å². The van der Waals surface area contributed by atoms with Crippen molar-refractivity contribution in [2.75, 3.05) is 0 Å². The summed E-state index contributed by atoms with van der Waals surface area (Å²) in [6.45, 7) is 0. The Hall–Kier alpha value is -3.12. The lowest BCUT2D eigenvalue weighted by Crippen LogP contribution is -2.69. The Morgan fingerprint density at radius 1 is 0.643 bits per heavy atom. The number of hydrogen-bond acceptors (Lipinski definition) is 1. The molecule has 0 radical (unpaired) electrons. The van der Waals surface area contributed by atoms with Crippen LogP contribution in [-0.2, 0) is 6.17 Å². The Labute approximate surface area is 161 Å². The lowest BCUT2D eigenvalue weighted by atomic mass is 10.3. The minimum Gasteiger partial charge on any atom is -0.339 e. The van der Waals surface area contributed by atoms with E-state index >= 15 is 0 Å². The van der Waals surface area contributed by atoms with Crippen molar-refractivity contribution in [2.24, 2.45) is 0 Å². The molecule has 2 nitrogen and oxygen atoms in total. The predicted molar refractivity (Wildman–Crippen MR) is 106 cm³/mol. The molecule has 0 unspecified atom stereocenters. The fourth-order valence-corrected chi connectivity index (χ4v) is 8.12. The highest BCUT2D eigenvalue weighted by atomic mass is 28.3. The highest BCUT2D eigenvalue weighted by molar-refractivity contribution is 7.10. The Kier molecular flexibility index (Phi) is 4.87. The van der Waals surface area contributed by atoms with Crippen LogP contribution in [0.15, 0.2) is 91.5 Å². The van der Waals surface area contributed by atoms with E-state index in [4.69, 9.17) is 0 Å². The van der Waals surface area contributed by atoms with Crippen molar-refractivity contribution < 1.29 is 13.2 Å². The first kappa shape index (κ1) is 18.2. The zero-order valence-electron chi connectivity index (χ0n) is 14.9. The predicted octanol–water partition coefficient (Wildman–Crippen LogP) is 3.01. The molecule has 0 fully saturated rings. The maximum absolute atomic E-state index is 13.7. The summed E-state index contributed by atoms with van der Waals surface area (Å²) in [5.74, 6) is -0.979. The van der Waals surface area contributed by atoms with Crippen molar-refractivity contribution in [2.45, 2.75) is 6.17 Å². The van der Waals surface area contributed by atoms with E-state index in [0.717, 1.165) is 15.6 Å². The number of imidazole rings is 1. The van der Waals surface area contributed by atoms with Gasteiger partial charge in [0.2, 0.25) is 0 Å². The Bertz CT molecular complexity index is 934. The second-order valence-electron chi connectivity index (χ2n) is 6.66. The molecule has 0 atom stereocenters. The second-order valence-corrected chi connectivity index (χ2v) is 10.5. The third-order valence-corrected chi connectivity index (χ3v) is 9.79. The van der Waals surface area contributed by atoms with E-state index in [-0.39, 0.29) is 17.5 Å². The van der Waals surface area contributed by atoms with Gasteiger partial charge >= 0.3 is 0 Å². The maximum atomic E-state index is 13.7. The largest absolute Gasteiger partial charge is 0.339 e. The van der Waals surface area contributed by atoms with Gasteiger partial charge in [-0.15, -0.1) is 0 Å². The van der Waals surface area contributed by atoms with E-state index < -0.39 is 8.07 Å². The van der Waals surface area contributed by atoms with Crippen molar-refractivity contribution in [3.05, 3.63) is 109 Å². The summed E-state index contributed by atoms with van der Waals surface area (Å²) in [6, 6.07) is 19.2. The van der Waals surface area contributed by atoms with E-state index in [1.807, 2.05) is 10.8 Å². The van der Waals surface area contributed by atoms with Crippen molar-refractivity contribution in [1.29, 1.82) is 0 Å². The van der Waals surface area contributed by atoms with Crippen LogP contribution < -0.4 is 15.6 Å². The number of hydrogen-bond donors (Lipinski definition) is 0. The minimum atomic E-state index is -2.77. The lowest BCUT2D eigenvalue weighted by molar-refractivity contribution is 0.628. The van der Waals surface area contributed by atoms with Crippen molar-refractivity contribution in [1.82, 2.24) is 9.55 Å². The molecule has 0 saturated heterocycles. The van der Waals surface area contributed by atoms with Crippen molar-refractivity contribution >= 4 is 23.6 Å². The standard InChI is InChI=1S/C22H17F3N2Si/c23-17-1-7-20(8-2-17)28(16-27-14-13-26-15-27,21-9-3-18(24)4-10-21)22-11-5-19(25)6-12-22/h1-15H,16H2. The molecule has 4 aromatic rings. The highest BCUT2D eigenvalue weighted by Crippen LogP contribution is 2.13. The SMILES string of the molecule is Fc1ccc([Si](Cn2ccnc2)(c2ccc(F)cc2)c2ccc(F)cc2)cc1. The van der Waals surface area contributed by atoms with Crippen LogP contribution in [0, 0.1) is 17.5 Å². The Morgan fingerprint density at radius 2 is 1.04 bits per heavy atom. The summed E-state index contributed by atoms with van der Waals surface area (Å²) in [7, 11) is -2.77. The third kappa shape index (κ3) is 3.38. The molecular formula is C22H17F3N2Si. The van der Waals surface area contributed by atoms with Crippen LogP contribution in [0.1, 0.15) is 0 Å². The molecule has 0 aliphatic rings. The van der Waals surface area contributed by atoms with Gasteiger partial charge in [0.05, 0.1) is 6.33 Å². The summed E-state index contributed by atoms with van der Waals surface area (Å²) in [6.07, 6.45) is 5.84. The quantitative estimate of drug-likeness (QED) is 0.376. The molecule has 4 rings (SSSR count). The molecule has 0 N–H and O–H groups in total. The normalized spacial score (nSPS) is 11.5. The van der Waals surface area contributed by atoms with Crippen LogP contribution >= 0.6 is 0 Å². The minimum absolute atomic E-state index is 0.326. The van der Waals surface area contributed by atoms with E-state index in [1.165, 1.54) is 36.4 Å². The van der Waals surface area contributed by atoms with Gasteiger partial charge in [0, 0.05) is 18.6 Å². The van der Waals surface area contributed by atoms with Gasteiger partial charge in [-0.1, -0.05) is 36.4 Å². The number of aromatic nitrogens is 2. The van der Waals surface area contributed by atoms with E-state index in [9.17, 15) is 13.2 Å². The molecule has 0 saturated carbocycles. The van der Waals surface area contributed by atoms with E-state index in [1.54, 1.807) is 48.9 Å². The Balaban J connectivity index is 2.01.